The second-order valence-electron chi connectivity index (χ2n) is 8.83. The summed E-state index contributed by atoms with van der Waals surface area (Å²) in [5.74, 6) is -1.41. The number of aliphatic hydroxyl groups is 2. The number of likely N-dealkylation sites (tertiary alicyclic amines) is 1. The lowest BCUT2D eigenvalue weighted by molar-refractivity contribution is -0.153. The molecule has 2 aliphatic heterocycles. The quantitative estimate of drug-likeness (QED) is 0.473. The second-order valence-corrected chi connectivity index (χ2v) is 11.1. The summed E-state index contributed by atoms with van der Waals surface area (Å²) in [5, 5.41) is 25.0. The Morgan fingerprint density at radius 1 is 1.09 bits per heavy atom. The van der Waals surface area contributed by atoms with Gasteiger partial charge in [-0.1, -0.05) is 53.5 Å². The highest BCUT2D eigenvalue weighted by Gasteiger charge is 2.38. The minimum Gasteiger partial charge on any atom is -0.380 e. The molecule has 1 fully saturated rings. The SMILES string of the molecule is O=C(NCC1CC=C(Cc2ccc(Cl)cc2)S1)[C@H](O)[C@@H](O)C(=O)N1CCC[C@@H]1c1cccc(Cl)c1. The molecular formula is C26H28Cl2N2O4S. The van der Waals surface area contributed by atoms with Crippen LogP contribution in [-0.4, -0.2) is 57.5 Å². The predicted molar refractivity (Wildman–Crippen MR) is 139 cm³/mol. The number of nitrogens with zero attached hydrogens (tertiary/aromatic N) is 1. The van der Waals surface area contributed by atoms with Gasteiger partial charge >= 0.3 is 0 Å². The minimum atomic E-state index is -1.84. The zero-order valence-corrected chi connectivity index (χ0v) is 21.4. The van der Waals surface area contributed by atoms with Crippen LogP contribution in [0.1, 0.15) is 36.4 Å². The van der Waals surface area contributed by atoms with Crippen molar-refractivity contribution in [3.05, 3.63) is 80.7 Å². The van der Waals surface area contributed by atoms with Crippen molar-refractivity contribution in [2.24, 2.45) is 0 Å². The van der Waals surface area contributed by atoms with Crippen LogP contribution in [-0.2, 0) is 16.0 Å². The maximum absolute atomic E-state index is 12.9. The number of hydrogen-bond acceptors (Lipinski definition) is 5. The second kappa shape index (κ2) is 11.8. The highest BCUT2D eigenvalue weighted by atomic mass is 35.5. The first-order valence-corrected chi connectivity index (χ1v) is 13.3. The van der Waals surface area contributed by atoms with E-state index in [4.69, 9.17) is 23.2 Å². The number of carbonyl (C=O) groups is 2. The molecule has 1 saturated heterocycles. The van der Waals surface area contributed by atoms with E-state index in [1.54, 1.807) is 23.9 Å². The van der Waals surface area contributed by atoms with Crippen LogP contribution in [0.5, 0.6) is 0 Å². The molecule has 2 amide bonds. The molecule has 0 spiro atoms. The van der Waals surface area contributed by atoms with Crippen molar-refractivity contribution in [1.82, 2.24) is 10.2 Å². The first-order valence-electron chi connectivity index (χ1n) is 11.6. The van der Waals surface area contributed by atoms with Gasteiger partial charge in [-0.3, -0.25) is 9.59 Å². The van der Waals surface area contributed by atoms with E-state index in [9.17, 15) is 19.8 Å². The molecule has 2 heterocycles. The summed E-state index contributed by atoms with van der Waals surface area (Å²) in [7, 11) is 0. The van der Waals surface area contributed by atoms with Gasteiger partial charge in [-0.15, -0.1) is 11.8 Å². The Balaban J connectivity index is 1.26. The normalized spacial score (nSPS) is 21.5. The van der Waals surface area contributed by atoms with Crippen LogP contribution >= 0.6 is 35.0 Å². The van der Waals surface area contributed by atoms with Crippen molar-refractivity contribution in [3.63, 3.8) is 0 Å². The Hall–Kier alpha value is -2.03. The van der Waals surface area contributed by atoms with E-state index in [1.165, 1.54) is 9.81 Å². The van der Waals surface area contributed by atoms with Crippen molar-refractivity contribution >= 4 is 46.8 Å². The van der Waals surface area contributed by atoms with Crippen molar-refractivity contribution in [2.45, 2.75) is 49.2 Å². The largest absolute Gasteiger partial charge is 0.380 e. The van der Waals surface area contributed by atoms with Crippen LogP contribution in [0, 0.1) is 0 Å². The van der Waals surface area contributed by atoms with Crippen LogP contribution in [0.2, 0.25) is 10.0 Å². The molecular weight excluding hydrogens is 507 g/mol. The van der Waals surface area contributed by atoms with Gasteiger partial charge in [0.1, 0.15) is 0 Å². The summed E-state index contributed by atoms with van der Waals surface area (Å²) in [6, 6.07) is 14.7. The van der Waals surface area contributed by atoms with Crippen molar-refractivity contribution < 1.29 is 19.8 Å². The molecule has 0 aromatic heterocycles. The maximum atomic E-state index is 12.9. The Morgan fingerprint density at radius 3 is 2.60 bits per heavy atom. The summed E-state index contributed by atoms with van der Waals surface area (Å²) in [6.07, 6.45) is 1.56. The molecule has 3 N–H and O–H groups in total. The lowest BCUT2D eigenvalue weighted by Gasteiger charge is -2.28. The van der Waals surface area contributed by atoms with E-state index in [-0.39, 0.29) is 11.3 Å². The maximum Gasteiger partial charge on any atom is 0.255 e. The van der Waals surface area contributed by atoms with Crippen LogP contribution < -0.4 is 5.32 Å². The smallest absolute Gasteiger partial charge is 0.255 e. The molecule has 0 aliphatic carbocycles. The van der Waals surface area contributed by atoms with Gasteiger partial charge in [-0.05, 0) is 59.6 Å². The lowest BCUT2D eigenvalue weighted by Crippen LogP contribution is -2.51. The van der Waals surface area contributed by atoms with Gasteiger partial charge in [0.2, 0.25) is 0 Å². The van der Waals surface area contributed by atoms with Crippen molar-refractivity contribution in [2.75, 3.05) is 13.1 Å². The summed E-state index contributed by atoms with van der Waals surface area (Å²) < 4.78 is 0. The number of rotatable bonds is 8. The Kier molecular flexibility index (Phi) is 8.78. The van der Waals surface area contributed by atoms with E-state index < -0.39 is 24.0 Å². The topological polar surface area (TPSA) is 89.9 Å². The van der Waals surface area contributed by atoms with Crippen LogP contribution in [0.3, 0.4) is 0 Å². The van der Waals surface area contributed by atoms with E-state index in [0.29, 0.717) is 23.1 Å². The van der Waals surface area contributed by atoms with Gasteiger partial charge in [0, 0.05) is 34.8 Å². The third kappa shape index (κ3) is 6.60. The number of thioether (sulfide) groups is 1. The first kappa shape index (κ1) is 26.0. The molecule has 0 saturated carbocycles. The molecule has 6 nitrogen and oxygen atoms in total. The minimum absolute atomic E-state index is 0.132. The third-order valence-corrected chi connectivity index (χ3v) is 8.11. The summed E-state index contributed by atoms with van der Waals surface area (Å²) >= 11 is 13.7. The summed E-state index contributed by atoms with van der Waals surface area (Å²) in [4.78, 5) is 28.2. The fraction of sp³-hybridized carbons (Fsp3) is 0.385. The molecule has 4 rings (SSSR count). The molecule has 1 unspecified atom stereocenters. The van der Waals surface area contributed by atoms with Gasteiger partial charge in [0.05, 0.1) is 6.04 Å². The average molecular weight is 535 g/mol. The number of hydrogen-bond donors (Lipinski definition) is 3. The first-order chi connectivity index (χ1) is 16.8. The molecule has 2 aromatic rings. The standard InChI is InChI=1S/C26H28Cl2N2O4S/c27-18-8-6-16(7-9-18)13-20-10-11-21(35-20)15-29-25(33)23(31)24(32)26(34)30-12-2-5-22(30)17-3-1-4-19(28)14-17/h1,3-4,6-10,14,21-24,31-32H,2,5,11-13,15H2,(H,29,33)/t21?,22-,23-,24-/m1/s1. The Morgan fingerprint density at radius 2 is 1.86 bits per heavy atom. The Labute approximate surface area is 219 Å². The third-order valence-electron chi connectivity index (χ3n) is 6.31. The molecule has 4 atom stereocenters. The molecule has 35 heavy (non-hydrogen) atoms. The fourth-order valence-electron chi connectivity index (χ4n) is 4.47. The zero-order chi connectivity index (χ0) is 24.9. The van der Waals surface area contributed by atoms with Crippen molar-refractivity contribution in [3.8, 4) is 0 Å². The van der Waals surface area contributed by atoms with Crippen molar-refractivity contribution in [1.29, 1.82) is 0 Å². The zero-order valence-electron chi connectivity index (χ0n) is 19.1. The number of halogens is 2. The van der Waals surface area contributed by atoms with Crippen LogP contribution in [0.25, 0.3) is 0 Å². The highest BCUT2D eigenvalue weighted by molar-refractivity contribution is 8.03. The lowest BCUT2D eigenvalue weighted by atomic mass is 10.0. The van der Waals surface area contributed by atoms with Gasteiger partial charge in [-0.2, -0.15) is 0 Å². The predicted octanol–water partition coefficient (Wildman–Crippen LogP) is 4.13. The molecule has 9 heteroatoms. The van der Waals surface area contributed by atoms with E-state index in [1.807, 2.05) is 36.4 Å². The number of nitrogens with one attached hydrogen (secondary N) is 1. The number of aliphatic hydroxyl groups excluding tert-OH is 2. The summed E-state index contributed by atoms with van der Waals surface area (Å²) in [6.45, 7) is 0.777. The molecule has 2 aromatic carbocycles. The monoisotopic (exact) mass is 534 g/mol. The van der Waals surface area contributed by atoms with Gasteiger partial charge in [-0.25, -0.2) is 0 Å². The van der Waals surface area contributed by atoms with Crippen LogP contribution in [0.15, 0.2) is 59.5 Å². The average Bonchev–Trinajstić information content (AvgIpc) is 3.52. The fourth-order valence-corrected chi connectivity index (χ4v) is 6.03. The van der Waals surface area contributed by atoms with E-state index in [2.05, 4.69) is 11.4 Å². The molecule has 2 aliphatic rings. The number of carbonyl (C=O) groups excluding carboxylic acids is 2. The highest BCUT2D eigenvalue weighted by Crippen LogP contribution is 2.35. The number of benzene rings is 2. The summed E-state index contributed by atoms with van der Waals surface area (Å²) in [5.41, 5.74) is 2.03. The Bertz CT molecular complexity index is 1100. The molecule has 0 radical (unpaired) electrons. The molecule has 0 bridgehead atoms. The van der Waals surface area contributed by atoms with Gasteiger partial charge in [0.15, 0.2) is 12.2 Å². The van der Waals surface area contributed by atoms with E-state index in [0.717, 1.165) is 36.8 Å². The molecule has 186 valence electrons. The van der Waals surface area contributed by atoms with Crippen LogP contribution in [0.4, 0.5) is 0 Å². The van der Waals surface area contributed by atoms with Gasteiger partial charge in [0.25, 0.3) is 11.8 Å². The number of amides is 2. The van der Waals surface area contributed by atoms with E-state index >= 15 is 0 Å². The van der Waals surface area contributed by atoms with Gasteiger partial charge < -0.3 is 20.4 Å². The number of allylic oxidation sites excluding steroid dienone is 2.